The van der Waals surface area contributed by atoms with Gasteiger partial charge in [0.2, 0.25) is 0 Å². The molecule has 1 nitrogen and oxygen atoms in total. The van der Waals surface area contributed by atoms with E-state index in [4.69, 9.17) is 0 Å². The fourth-order valence-electron chi connectivity index (χ4n) is 2.56. The van der Waals surface area contributed by atoms with Crippen molar-refractivity contribution in [1.82, 2.24) is 5.32 Å². The van der Waals surface area contributed by atoms with Crippen LogP contribution in [0.5, 0.6) is 0 Å². The van der Waals surface area contributed by atoms with E-state index in [9.17, 15) is 0 Å². The summed E-state index contributed by atoms with van der Waals surface area (Å²) in [5.41, 5.74) is 0. The summed E-state index contributed by atoms with van der Waals surface area (Å²) in [5.74, 6) is 3.13. The zero-order valence-corrected chi connectivity index (χ0v) is 10.9. The van der Waals surface area contributed by atoms with E-state index in [-0.39, 0.29) is 0 Å². The Morgan fingerprint density at radius 1 is 1.13 bits per heavy atom. The Morgan fingerprint density at radius 3 is 2.53 bits per heavy atom. The minimum atomic E-state index is 0.923. The van der Waals surface area contributed by atoms with Gasteiger partial charge in [-0.2, -0.15) is 0 Å². The van der Waals surface area contributed by atoms with Crippen molar-refractivity contribution in [3.63, 3.8) is 0 Å². The van der Waals surface area contributed by atoms with Gasteiger partial charge in [0.1, 0.15) is 0 Å². The summed E-state index contributed by atoms with van der Waals surface area (Å²) in [6.07, 6.45) is 8.72. The van der Waals surface area contributed by atoms with Crippen LogP contribution in [0.2, 0.25) is 0 Å². The molecule has 1 rings (SSSR count). The SMILES string of the molecule is CCC[C@H]1CC1CC[C@@H](C)CCNCC. The van der Waals surface area contributed by atoms with Crippen LogP contribution in [0, 0.1) is 17.8 Å². The van der Waals surface area contributed by atoms with Gasteiger partial charge < -0.3 is 5.32 Å². The van der Waals surface area contributed by atoms with Crippen molar-refractivity contribution in [2.75, 3.05) is 13.1 Å². The van der Waals surface area contributed by atoms with Crippen LogP contribution in [0.15, 0.2) is 0 Å². The zero-order valence-electron chi connectivity index (χ0n) is 10.9. The molecule has 0 aromatic carbocycles. The fourth-order valence-corrected chi connectivity index (χ4v) is 2.56. The van der Waals surface area contributed by atoms with Crippen LogP contribution in [0.1, 0.15) is 59.3 Å². The second-order valence-corrected chi connectivity index (χ2v) is 5.37. The van der Waals surface area contributed by atoms with Gasteiger partial charge in [0, 0.05) is 0 Å². The standard InChI is InChI=1S/C14H29N/c1-4-6-13-11-14(13)8-7-12(3)9-10-15-5-2/h12-15H,4-11H2,1-3H3/t12-,13+,14?/m1/s1. The lowest BCUT2D eigenvalue weighted by molar-refractivity contribution is 0.436. The summed E-state index contributed by atoms with van der Waals surface area (Å²) in [5, 5.41) is 3.41. The first-order chi connectivity index (χ1) is 7.27. The summed E-state index contributed by atoms with van der Waals surface area (Å²) in [4.78, 5) is 0. The molecular weight excluding hydrogens is 182 g/mol. The van der Waals surface area contributed by atoms with Crippen LogP contribution in [0.3, 0.4) is 0 Å². The van der Waals surface area contributed by atoms with E-state index in [1.54, 1.807) is 0 Å². The molecule has 1 N–H and O–H groups in total. The lowest BCUT2D eigenvalue weighted by atomic mass is 9.99. The average Bonchev–Trinajstić information content (AvgIpc) is 2.95. The van der Waals surface area contributed by atoms with E-state index in [0.29, 0.717) is 0 Å². The zero-order chi connectivity index (χ0) is 11.1. The van der Waals surface area contributed by atoms with Gasteiger partial charge in [0.15, 0.2) is 0 Å². The van der Waals surface area contributed by atoms with Crippen LogP contribution < -0.4 is 5.32 Å². The largest absolute Gasteiger partial charge is 0.317 e. The third kappa shape index (κ3) is 5.55. The van der Waals surface area contributed by atoms with Crippen LogP contribution in [-0.2, 0) is 0 Å². The van der Waals surface area contributed by atoms with E-state index in [1.165, 1.54) is 45.1 Å². The van der Waals surface area contributed by atoms with Gasteiger partial charge >= 0.3 is 0 Å². The minimum absolute atomic E-state index is 0.923. The Kier molecular flexibility index (Phi) is 6.31. The molecule has 1 unspecified atom stereocenters. The number of rotatable bonds is 9. The van der Waals surface area contributed by atoms with Gasteiger partial charge in [-0.1, -0.05) is 40.0 Å². The summed E-state index contributed by atoms with van der Waals surface area (Å²) < 4.78 is 0. The first-order valence-electron chi connectivity index (χ1n) is 6.98. The molecule has 1 heteroatoms. The Morgan fingerprint density at radius 2 is 1.87 bits per heavy atom. The van der Waals surface area contributed by atoms with Gasteiger partial charge in [-0.25, -0.2) is 0 Å². The number of hydrogen-bond acceptors (Lipinski definition) is 1. The second-order valence-electron chi connectivity index (χ2n) is 5.37. The second kappa shape index (κ2) is 7.27. The highest BCUT2D eigenvalue weighted by Gasteiger charge is 2.35. The quantitative estimate of drug-likeness (QED) is 0.571. The fraction of sp³-hybridized carbons (Fsp3) is 1.00. The molecule has 0 saturated heterocycles. The van der Waals surface area contributed by atoms with Gasteiger partial charge in [-0.3, -0.25) is 0 Å². The van der Waals surface area contributed by atoms with Crippen molar-refractivity contribution in [3.05, 3.63) is 0 Å². The third-order valence-corrected chi connectivity index (χ3v) is 3.82. The van der Waals surface area contributed by atoms with Crippen LogP contribution >= 0.6 is 0 Å². The summed E-state index contributed by atoms with van der Waals surface area (Å²) in [6.45, 7) is 9.24. The molecule has 0 aromatic rings. The van der Waals surface area contributed by atoms with Crippen LogP contribution in [0.4, 0.5) is 0 Å². The normalized spacial score (nSPS) is 26.6. The highest BCUT2D eigenvalue weighted by Crippen LogP contribution is 2.45. The first-order valence-corrected chi connectivity index (χ1v) is 6.98. The molecule has 3 atom stereocenters. The molecule has 0 aliphatic heterocycles. The lowest BCUT2D eigenvalue weighted by Gasteiger charge is -2.11. The maximum Gasteiger partial charge on any atom is -0.00465 e. The average molecular weight is 211 g/mol. The highest BCUT2D eigenvalue weighted by molar-refractivity contribution is 4.85. The molecule has 0 bridgehead atoms. The van der Waals surface area contributed by atoms with Crippen LogP contribution in [0.25, 0.3) is 0 Å². The third-order valence-electron chi connectivity index (χ3n) is 3.82. The van der Waals surface area contributed by atoms with E-state index in [1.807, 2.05) is 0 Å². The molecule has 0 heterocycles. The predicted molar refractivity (Wildman–Crippen MR) is 68.1 cm³/mol. The maximum atomic E-state index is 3.41. The number of nitrogens with one attached hydrogen (secondary N) is 1. The molecule has 0 aromatic heterocycles. The molecule has 1 aliphatic rings. The minimum Gasteiger partial charge on any atom is -0.317 e. The lowest BCUT2D eigenvalue weighted by Crippen LogP contribution is -2.16. The highest BCUT2D eigenvalue weighted by atomic mass is 14.8. The Bertz CT molecular complexity index is 155. The molecule has 0 amide bonds. The van der Waals surface area contributed by atoms with E-state index in [2.05, 4.69) is 26.1 Å². The van der Waals surface area contributed by atoms with Gasteiger partial charge in [0.25, 0.3) is 0 Å². The van der Waals surface area contributed by atoms with Gasteiger partial charge in [-0.15, -0.1) is 0 Å². The molecule has 1 fully saturated rings. The topological polar surface area (TPSA) is 12.0 Å². The van der Waals surface area contributed by atoms with E-state index in [0.717, 1.165) is 24.3 Å². The van der Waals surface area contributed by atoms with E-state index >= 15 is 0 Å². The molecule has 1 aliphatic carbocycles. The molecule has 90 valence electrons. The molecule has 0 radical (unpaired) electrons. The van der Waals surface area contributed by atoms with Crippen LogP contribution in [-0.4, -0.2) is 13.1 Å². The van der Waals surface area contributed by atoms with Crippen molar-refractivity contribution in [2.24, 2.45) is 17.8 Å². The van der Waals surface area contributed by atoms with Crippen molar-refractivity contribution in [1.29, 1.82) is 0 Å². The van der Waals surface area contributed by atoms with E-state index < -0.39 is 0 Å². The Hall–Kier alpha value is -0.0400. The number of hydrogen-bond donors (Lipinski definition) is 1. The predicted octanol–water partition coefficient (Wildman–Crippen LogP) is 3.84. The van der Waals surface area contributed by atoms with Gasteiger partial charge in [-0.05, 0) is 50.1 Å². The summed E-state index contributed by atoms with van der Waals surface area (Å²) in [6, 6.07) is 0. The summed E-state index contributed by atoms with van der Waals surface area (Å²) in [7, 11) is 0. The van der Waals surface area contributed by atoms with Crippen molar-refractivity contribution in [3.8, 4) is 0 Å². The molecule has 0 spiro atoms. The first kappa shape index (κ1) is 13.0. The molecular formula is C14H29N. The maximum absolute atomic E-state index is 3.41. The monoisotopic (exact) mass is 211 g/mol. The van der Waals surface area contributed by atoms with Gasteiger partial charge in [0.05, 0.1) is 0 Å². The smallest absolute Gasteiger partial charge is 0.00465 e. The Balaban J connectivity index is 1.91. The van der Waals surface area contributed by atoms with Crippen molar-refractivity contribution in [2.45, 2.75) is 59.3 Å². The molecule has 1 saturated carbocycles. The summed E-state index contributed by atoms with van der Waals surface area (Å²) >= 11 is 0. The van der Waals surface area contributed by atoms with Crippen molar-refractivity contribution < 1.29 is 0 Å². The van der Waals surface area contributed by atoms with Crippen molar-refractivity contribution >= 4 is 0 Å². The molecule has 15 heavy (non-hydrogen) atoms. The Labute approximate surface area is 96.0 Å².